The van der Waals surface area contributed by atoms with Crippen LogP contribution < -0.4 is 0 Å². The number of aliphatic hydroxyl groups is 1. The number of hydrogen-bond acceptors (Lipinski definition) is 3. The van der Waals surface area contributed by atoms with Gasteiger partial charge in [0.25, 0.3) is 0 Å². The van der Waals surface area contributed by atoms with Crippen LogP contribution in [-0.4, -0.2) is 24.8 Å². The third-order valence-corrected chi connectivity index (χ3v) is 0.252. The molecular formula is C3H5O3. The van der Waals surface area contributed by atoms with E-state index in [0.29, 0.717) is 0 Å². The fourth-order valence-electron chi connectivity index (χ4n) is 0.0873. The normalized spacial score (nSPS) is 7.50. The number of ether oxygens (including phenoxy) is 1. The van der Waals surface area contributed by atoms with Crippen molar-refractivity contribution in [3.8, 4) is 0 Å². The van der Waals surface area contributed by atoms with Gasteiger partial charge in [0.2, 0.25) is 0 Å². The Morgan fingerprint density at radius 2 is 2.50 bits per heavy atom. The molecule has 0 bridgehead atoms. The van der Waals surface area contributed by atoms with E-state index in [2.05, 4.69) is 4.74 Å². The molecule has 0 atom stereocenters. The number of hydrogen-bond donors (Lipinski definition) is 1. The van der Waals surface area contributed by atoms with Crippen LogP contribution in [-0.2, 0) is 9.53 Å². The van der Waals surface area contributed by atoms with Crippen LogP contribution >= 0.6 is 0 Å². The van der Waals surface area contributed by atoms with Crippen LogP contribution in [0.25, 0.3) is 0 Å². The minimum atomic E-state index is -0.130. The quantitative estimate of drug-likeness (QED) is 0.454. The van der Waals surface area contributed by atoms with E-state index in [9.17, 15) is 0 Å². The molecule has 0 saturated carbocycles. The van der Waals surface area contributed by atoms with E-state index < -0.39 is 0 Å². The lowest BCUT2D eigenvalue weighted by Gasteiger charge is -1.84. The lowest BCUT2D eigenvalue weighted by Crippen LogP contribution is -1.94. The summed E-state index contributed by atoms with van der Waals surface area (Å²) in [4.78, 5) is 9.11. The van der Waals surface area contributed by atoms with E-state index in [1.54, 1.807) is 0 Å². The van der Waals surface area contributed by atoms with Gasteiger partial charge in [-0.1, -0.05) is 0 Å². The van der Waals surface area contributed by atoms with Crippen LogP contribution in [0.5, 0.6) is 0 Å². The van der Waals surface area contributed by atoms with Crippen LogP contribution in [0.2, 0.25) is 0 Å². The van der Waals surface area contributed by atoms with E-state index in [1.807, 2.05) is 0 Å². The van der Waals surface area contributed by atoms with Gasteiger partial charge in [0.05, 0.1) is 6.61 Å². The molecule has 0 amide bonds. The Morgan fingerprint density at radius 1 is 1.83 bits per heavy atom. The van der Waals surface area contributed by atoms with Gasteiger partial charge in [-0.25, -0.2) is 4.79 Å². The molecule has 0 aromatic heterocycles. The van der Waals surface area contributed by atoms with Crippen molar-refractivity contribution in [3.05, 3.63) is 0 Å². The lowest BCUT2D eigenvalue weighted by atomic mass is 10.8. The van der Waals surface area contributed by atoms with Crippen LogP contribution in [0, 0.1) is 0 Å². The molecule has 0 aliphatic carbocycles. The molecular weight excluding hydrogens is 84.0 g/mol. The Morgan fingerprint density at radius 3 is 2.67 bits per heavy atom. The Bertz CT molecular complexity index is 35.0. The zero-order valence-corrected chi connectivity index (χ0v) is 3.18. The summed E-state index contributed by atoms with van der Waals surface area (Å²) in [6.07, 6.45) is 0. The topological polar surface area (TPSA) is 46.5 Å². The smallest absolute Gasteiger partial charge is 0.417 e. The molecule has 0 aromatic carbocycles. The summed E-state index contributed by atoms with van der Waals surface area (Å²) in [5, 5.41) is 7.89. The van der Waals surface area contributed by atoms with Gasteiger partial charge in [-0.2, -0.15) is 0 Å². The molecule has 0 aliphatic heterocycles. The number of aliphatic hydroxyl groups excluding tert-OH is 1. The highest BCUT2D eigenvalue weighted by Gasteiger charge is 1.74. The maximum atomic E-state index is 9.11. The largest absolute Gasteiger partial charge is 0.455 e. The van der Waals surface area contributed by atoms with E-state index in [1.165, 1.54) is 0 Å². The summed E-state index contributed by atoms with van der Waals surface area (Å²) in [6.45, 7) is 1.07. The average Bonchev–Trinajstić information content (AvgIpc) is 1.61. The first-order valence-corrected chi connectivity index (χ1v) is 1.51. The van der Waals surface area contributed by atoms with Gasteiger partial charge in [0.1, 0.15) is 6.61 Å². The van der Waals surface area contributed by atoms with Crippen LogP contribution in [0.15, 0.2) is 0 Å². The van der Waals surface area contributed by atoms with Gasteiger partial charge in [0.15, 0.2) is 0 Å². The van der Waals surface area contributed by atoms with Crippen molar-refractivity contribution in [3.63, 3.8) is 0 Å². The second-order valence-electron chi connectivity index (χ2n) is 0.655. The summed E-state index contributed by atoms with van der Waals surface area (Å²) in [5.74, 6) is 0. The standard InChI is InChI=1S/C3H5O3/c4-1-2-6-3-5/h4H,1-2H2. The summed E-state index contributed by atoms with van der Waals surface area (Å²) in [7, 11) is 0. The molecule has 0 aliphatic rings. The van der Waals surface area contributed by atoms with Crippen LogP contribution in [0.1, 0.15) is 0 Å². The van der Waals surface area contributed by atoms with Crippen LogP contribution in [0.3, 0.4) is 0 Å². The molecule has 3 heteroatoms. The molecule has 0 unspecified atom stereocenters. The highest BCUT2D eigenvalue weighted by molar-refractivity contribution is 5.37. The molecule has 0 aromatic rings. The minimum absolute atomic E-state index is 0.0451. The molecule has 0 saturated heterocycles. The highest BCUT2D eigenvalue weighted by Crippen LogP contribution is 1.58. The highest BCUT2D eigenvalue weighted by atomic mass is 16.5. The summed E-state index contributed by atoms with van der Waals surface area (Å²) in [5.41, 5.74) is 0. The number of rotatable bonds is 3. The molecule has 0 rings (SSSR count). The Hall–Kier alpha value is -0.570. The molecule has 35 valence electrons. The Kier molecular flexibility index (Phi) is 4.01. The molecule has 1 radical (unpaired) electrons. The minimum Gasteiger partial charge on any atom is -0.455 e. The fraction of sp³-hybridized carbons (Fsp3) is 0.667. The van der Waals surface area contributed by atoms with E-state index in [-0.39, 0.29) is 13.2 Å². The zero-order valence-electron chi connectivity index (χ0n) is 3.18. The average molecular weight is 89.1 g/mol. The van der Waals surface area contributed by atoms with Gasteiger partial charge >= 0.3 is 6.47 Å². The second-order valence-corrected chi connectivity index (χ2v) is 0.655. The summed E-state index contributed by atoms with van der Waals surface area (Å²) < 4.78 is 3.93. The van der Waals surface area contributed by atoms with Gasteiger partial charge in [-0.05, 0) is 0 Å². The Balaban J connectivity index is 2.49. The van der Waals surface area contributed by atoms with Crippen molar-refractivity contribution in [1.82, 2.24) is 0 Å². The molecule has 6 heavy (non-hydrogen) atoms. The maximum absolute atomic E-state index is 9.11. The monoisotopic (exact) mass is 89.0 g/mol. The molecule has 0 fully saturated rings. The second kappa shape index (κ2) is 4.43. The van der Waals surface area contributed by atoms with Crippen molar-refractivity contribution < 1.29 is 14.6 Å². The van der Waals surface area contributed by atoms with Gasteiger partial charge in [-0.15, -0.1) is 0 Å². The predicted molar refractivity (Wildman–Crippen MR) is 18.7 cm³/mol. The molecule has 0 spiro atoms. The maximum Gasteiger partial charge on any atom is 0.417 e. The third kappa shape index (κ3) is 3.43. The first-order valence-electron chi connectivity index (χ1n) is 1.51. The third-order valence-electron chi connectivity index (χ3n) is 0.252. The van der Waals surface area contributed by atoms with Crippen molar-refractivity contribution in [2.75, 3.05) is 13.2 Å². The van der Waals surface area contributed by atoms with Crippen molar-refractivity contribution in [2.24, 2.45) is 0 Å². The van der Waals surface area contributed by atoms with E-state index in [0.717, 1.165) is 6.47 Å². The van der Waals surface area contributed by atoms with E-state index in [4.69, 9.17) is 9.90 Å². The number of carbonyl (C=O) groups excluding carboxylic acids is 1. The van der Waals surface area contributed by atoms with Gasteiger partial charge in [-0.3, -0.25) is 0 Å². The van der Waals surface area contributed by atoms with E-state index >= 15 is 0 Å². The fourth-order valence-corrected chi connectivity index (χ4v) is 0.0873. The van der Waals surface area contributed by atoms with Crippen molar-refractivity contribution in [2.45, 2.75) is 0 Å². The zero-order chi connectivity index (χ0) is 4.83. The molecule has 3 nitrogen and oxygen atoms in total. The van der Waals surface area contributed by atoms with Crippen molar-refractivity contribution >= 4 is 6.47 Å². The first-order chi connectivity index (χ1) is 2.91. The predicted octanol–water partition coefficient (Wildman–Crippen LogP) is -0.938. The van der Waals surface area contributed by atoms with Gasteiger partial charge < -0.3 is 9.84 Å². The summed E-state index contributed by atoms with van der Waals surface area (Å²) in [6, 6.07) is 0. The molecule has 1 N–H and O–H groups in total. The first kappa shape index (κ1) is 5.43. The van der Waals surface area contributed by atoms with Crippen molar-refractivity contribution in [1.29, 1.82) is 0 Å². The molecule has 0 heterocycles. The summed E-state index contributed by atoms with van der Waals surface area (Å²) >= 11 is 0. The Labute approximate surface area is 35.5 Å². The lowest BCUT2D eigenvalue weighted by molar-refractivity contribution is 0.186. The SMILES string of the molecule is O=[C]OCCO. The van der Waals surface area contributed by atoms with Crippen LogP contribution in [0.4, 0.5) is 0 Å². The van der Waals surface area contributed by atoms with Gasteiger partial charge in [0, 0.05) is 0 Å².